The lowest BCUT2D eigenvalue weighted by molar-refractivity contribution is -0.160. The minimum atomic E-state index is -0.893. The van der Waals surface area contributed by atoms with Gasteiger partial charge in [0.2, 0.25) is 5.91 Å². The normalized spacial score (nSPS) is 11.8. The Morgan fingerprint density at radius 3 is 1.88 bits per heavy atom. The van der Waals surface area contributed by atoms with Crippen LogP contribution in [0.15, 0.2) is 84.9 Å². The zero-order valence-electron chi connectivity index (χ0n) is 25.9. The molecule has 8 nitrogen and oxygen atoms in total. The van der Waals surface area contributed by atoms with Gasteiger partial charge >= 0.3 is 6.09 Å². The minimum absolute atomic E-state index is 0. The van der Waals surface area contributed by atoms with E-state index in [1.54, 1.807) is 4.90 Å². The Kier molecular flexibility index (Phi) is 15.1. The molecule has 0 aromatic heterocycles. The van der Waals surface area contributed by atoms with Crippen molar-refractivity contribution in [2.24, 2.45) is 0 Å². The van der Waals surface area contributed by atoms with E-state index in [0.29, 0.717) is 19.8 Å². The molecule has 0 bridgehead atoms. The van der Waals surface area contributed by atoms with Crippen molar-refractivity contribution in [1.82, 2.24) is 10.2 Å². The Bertz CT molecular complexity index is 1210. The highest BCUT2D eigenvalue weighted by molar-refractivity contribution is 7.59. The maximum Gasteiger partial charge on any atom is 0.408 e. The number of hydrogen-bond donors (Lipinski definition) is 1. The largest absolute Gasteiger partial charge is 0.488 e. The topological polar surface area (TPSA) is 86.3 Å². The van der Waals surface area contributed by atoms with Crippen molar-refractivity contribution in [1.29, 1.82) is 0 Å². The Balaban J connectivity index is 0.00000645. The van der Waals surface area contributed by atoms with Crippen molar-refractivity contribution in [2.45, 2.75) is 72.1 Å². The molecule has 1 atom stereocenters. The zero-order chi connectivity index (χ0) is 30.4. The Hall–Kier alpha value is -3.53. The van der Waals surface area contributed by atoms with Gasteiger partial charge in [-0.2, -0.15) is 13.5 Å². The van der Waals surface area contributed by atoms with Crippen molar-refractivity contribution >= 4 is 25.5 Å². The Morgan fingerprint density at radius 1 is 0.791 bits per heavy atom. The molecule has 0 unspecified atom stereocenters. The van der Waals surface area contributed by atoms with Crippen LogP contribution in [0.25, 0.3) is 0 Å². The van der Waals surface area contributed by atoms with Crippen LogP contribution in [0.5, 0.6) is 5.75 Å². The molecule has 0 spiro atoms. The monoisotopic (exact) mass is 610 g/mol. The molecule has 1 N–H and O–H groups in total. The van der Waals surface area contributed by atoms with Crippen LogP contribution in [0, 0.1) is 0 Å². The molecule has 3 rings (SSSR count). The van der Waals surface area contributed by atoms with E-state index in [-0.39, 0.29) is 44.6 Å². The average Bonchev–Trinajstić information content (AvgIpc) is 2.96. The summed E-state index contributed by atoms with van der Waals surface area (Å²) in [6.07, 6.45) is -1.02. The predicted octanol–water partition coefficient (Wildman–Crippen LogP) is 6.24. The van der Waals surface area contributed by atoms with E-state index >= 15 is 0 Å². The van der Waals surface area contributed by atoms with Crippen molar-refractivity contribution < 1.29 is 28.5 Å². The molecule has 0 radical (unpaired) electrons. The molecular formula is C34H46N2O6S. The maximum absolute atomic E-state index is 14.2. The number of nitrogens with zero attached hydrogens (tertiary/aromatic N) is 1. The quantitative estimate of drug-likeness (QED) is 0.205. The van der Waals surface area contributed by atoms with Crippen LogP contribution in [0.4, 0.5) is 4.79 Å². The number of nitrogens with one attached hydrogen (secondary N) is 1. The summed E-state index contributed by atoms with van der Waals surface area (Å²) in [6.45, 7) is 11.2. The van der Waals surface area contributed by atoms with E-state index in [9.17, 15) is 9.59 Å². The van der Waals surface area contributed by atoms with Crippen LogP contribution in [-0.4, -0.2) is 54.6 Å². The first-order valence-electron chi connectivity index (χ1n) is 14.5. The summed E-state index contributed by atoms with van der Waals surface area (Å²) in [7, 11) is 0. The number of amides is 2. The van der Waals surface area contributed by atoms with Gasteiger partial charge in [-0.15, -0.1) is 0 Å². The third kappa shape index (κ3) is 13.1. The van der Waals surface area contributed by atoms with Crippen molar-refractivity contribution in [2.75, 3.05) is 19.8 Å². The third-order valence-electron chi connectivity index (χ3n) is 6.19. The van der Waals surface area contributed by atoms with Crippen LogP contribution in [0.2, 0.25) is 0 Å². The molecule has 9 heteroatoms. The van der Waals surface area contributed by atoms with Gasteiger partial charge in [0.25, 0.3) is 0 Å². The molecule has 0 aliphatic carbocycles. The van der Waals surface area contributed by atoms with Crippen molar-refractivity contribution in [3.8, 4) is 5.75 Å². The second-order valence-corrected chi connectivity index (χ2v) is 10.9. The number of alkyl carbamates (subject to hydrolysis) is 1. The molecule has 0 saturated carbocycles. The number of benzene rings is 3. The highest BCUT2D eigenvalue weighted by atomic mass is 32.1. The highest BCUT2D eigenvalue weighted by Gasteiger charge is 2.29. The second-order valence-electron chi connectivity index (χ2n) is 10.9. The SMILES string of the molecule is CCOC(CN(Cc1ccccc1)C(=O)[C@H](Cc1ccc(OC(C)(C)C)cc1)NC(=O)OCc1ccccc1)OCC.S. The molecule has 0 saturated heterocycles. The third-order valence-corrected chi connectivity index (χ3v) is 6.19. The Morgan fingerprint density at radius 2 is 1.35 bits per heavy atom. The first-order valence-corrected chi connectivity index (χ1v) is 14.5. The van der Waals surface area contributed by atoms with E-state index in [0.717, 1.165) is 22.4 Å². The van der Waals surface area contributed by atoms with Crippen molar-refractivity contribution in [3.05, 3.63) is 102 Å². The van der Waals surface area contributed by atoms with Crippen LogP contribution in [-0.2, 0) is 38.6 Å². The van der Waals surface area contributed by atoms with Gasteiger partial charge in [-0.25, -0.2) is 4.79 Å². The van der Waals surface area contributed by atoms with Gasteiger partial charge < -0.3 is 29.2 Å². The van der Waals surface area contributed by atoms with E-state index in [1.807, 2.05) is 120 Å². The summed E-state index contributed by atoms with van der Waals surface area (Å²) < 4.78 is 23.0. The average molecular weight is 611 g/mol. The van der Waals surface area contributed by atoms with Gasteiger partial charge in [-0.1, -0.05) is 72.8 Å². The minimum Gasteiger partial charge on any atom is -0.488 e. The first-order chi connectivity index (χ1) is 20.2. The van der Waals surface area contributed by atoms with Crippen LogP contribution in [0.3, 0.4) is 0 Å². The number of ether oxygens (including phenoxy) is 4. The van der Waals surface area contributed by atoms with Crippen molar-refractivity contribution in [3.63, 3.8) is 0 Å². The maximum atomic E-state index is 14.2. The van der Waals surface area contributed by atoms with Gasteiger partial charge in [0.15, 0.2) is 6.29 Å². The van der Waals surface area contributed by atoms with E-state index < -0.39 is 18.4 Å². The molecule has 0 aliphatic rings. The molecule has 234 valence electrons. The summed E-state index contributed by atoms with van der Waals surface area (Å²) in [6, 6.07) is 25.8. The molecule has 0 fully saturated rings. The summed E-state index contributed by atoms with van der Waals surface area (Å²) in [5.74, 6) is 0.460. The van der Waals surface area contributed by atoms with Crippen LogP contribution < -0.4 is 10.1 Å². The molecule has 0 aliphatic heterocycles. The van der Waals surface area contributed by atoms with Gasteiger partial charge in [-0.3, -0.25) is 4.79 Å². The predicted molar refractivity (Wildman–Crippen MR) is 173 cm³/mol. The number of rotatable bonds is 15. The van der Waals surface area contributed by atoms with Gasteiger partial charge in [-0.05, 0) is 63.4 Å². The summed E-state index contributed by atoms with van der Waals surface area (Å²) in [5.41, 5.74) is 2.34. The van der Waals surface area contributed by atoms with E-state index in [1.165, 1.54) is 0 Å². The lowest BCUT2D eigenvalue weighted by atomic mass is 10.0. The highest BCUT2D eigenvalue weighted by Crippen LogP contribution is 2.20. The lowest BCUT2D eigenvalue weighted by Gasteiger charge is -2.31. The number of carbonyl (C=O) groups excluding carboxylic acids is 2. The molecule has 2 amide bonds. The number of hydrogen-bond acceptors (Lipinski definition) is 6. The molecule has 43 heavy (non-hydrogen) atoms. The smallest absolute Gasteiger partial charge is 0.408 e. The fourth-order valence-electron chi connectivity index (χ4n) is 4.35. The summed E-state index contributed by atoms with van der Waals surface area (Å²) in [5, 5.41) is 2.83. The second kappa shape index (κ2) is 18.2. The molecule has 3 aromatic rings. The van der Waals surface area contributed by atoms with E-state index in [4.69, 9.17) is 18.9 Å². The fraction of sp³-hybridized carbons (Fsp3) is 0.412. The molecular weight excluding hydrogens is 564 g/mol. The zero-order valence-corrected chi connectivity index (χ0v) is 26.9. The summed E-state index contributed by atoms with van der Waals surface area (Å²) in [4.78, 5) is 28.8. The lowest BCUT2D eigenvalue weighted by Crippen LogP contribution is -2.51. The standard InChI is InChI=1S/C34H44N2O6.H2S/c1-6-39-31(40-7-2)24-36(23-27-14-10-8-11-15-27)32(37)30(35-33(38)41-25-28-16-12-9-13-17-28)22-26-18-20-29(21-19-26)42-34(3,4)5;/h8-21,30-31H,6-7,22-25H2,1-5H3,(H,35,38);1H2/t30-;/m0./s1. The first kappa shape index (κ1) is 35.7. The van der Waals surface area contributed by atoms with E-state index in [2.05, 4.69) is 5.32 Å². The van der Waals surface area contributed by atoms with Crippen LogP contribution >= 0.6 is 13.5 Å². The number of carbonyl (C=O) groups is 2. The molecule has 3 aromatic carbocycles. The van der Waals surface area contributed by atoms with Crippen LogP contribution in [0.1, 0.15) is 51.3 Å². The van der Waals surface area contributed by atoms with Gasteiger partial charge in [0.1, 0.15) is 24.0 Å². The Labute approximate surface area is 263 Å². The fourth-order valence-corrected chi connectivity index (χ4v) is 4.35. The summed E-state index contributed by atoms with van der Waals surface area (Å²) >= 11 is 0. The molecule has 0 heterocycles. The van der Waals surface area contributed by atoms with Gasteiger partial charge in [0, 0.05) is 26.2 Å². The van der Waals surface area contributed by atoms with Gasteiger partial charge in [0.05, 0.1) is 6.54 Å².